The fourth-order valence-electron chi connectivity index (χ4n) is 1.53. The summed E-state index contributed by atoms with van der Waals surface area (Å²) in [5.41, 5.74) is -1.37. The number of terminal acetylenes is 1. The van der Waals surface area contributed by atoms with E-state index in [9.17, 15) is 4.57 Å². The molecule has 0 rings (SSSR count). The molecule has 124 valence electrons. The lowest BCUT2D eigenvalue weighted by Crippen LogP contribution is -2.40. The molecule has 6 nitrogen and oxygen atoms in total. The Labute approximate surface area is 129 Å². The van der Waals surface area contributed by atoms with Gasteiger partial charge < -0.3 is 23.2 Å². The zero-order valence-electron chi connectivity index (χ0n) is 13.8. The Morgan fingerprint density at radius 1 is 1.19 bits per heavy atom. The zero-order valence-corrected chi connectivity index (χ0v) is 14.8. The van der Waals surface area contributed by atoms with E-state index in [-0.39, 0.29) is 13.2 Å². The van der Waals surface area contributed by atoms with Gasteiger partial charge in [0.05, 0.1) is 21.1 Å². The highest BCUT2D eigenvalue weighted by molar-refractivity contribution is 7.40. The maximum Gasteiger partial charge on any atom is 0.268 e. The Hall–Kier alpha value is -0.410. The Kier molecular flexibility index (Phi) is 10.1. The van der Waals surface area contributed by atoms with Crippen LogP contribution in [-0.4, -0.2) is 70.7 Å². The van der Waals surface area contributed by atoms with E-state index in [0.29, 0.717) is 19.8 Å². The molecule has 0 aromatic rings. The summed E-state index contributed by atoms with van der Waals surface area (Å²) in [6, 6.07) is 0. The number of nitrogens with zero attached hydrogens (tertiary/aromatic N) is 1. The summed E-state index contributed by atoms with van der Waals surface area (Å²) in [6.45, 7) is 5.47. The average Bonchev–Trinajstić information content (AvgIpc) is 2.37. The van der Waals surface area contributed by atoms with Gasteiger partial charge in [-0.2, -0.15) is 0 Å². The molecule has 7 heteroatoms. The van der Waals surface area contributed by atoms with E-state index >= 15 is 0 Å². The molecule has 0 aliphatic rings. The third-order valence-corrected chi connectivity index (χ3v) is 4.06. The first-order valence-corrected chi connectivity index (χ1v) is 8.39. The summed E-state index contributed by atoms with van der Waals surface area (Å²) in [7, 11) is 3.50. The van der Waals surface area contributed by atoms with Crippen LogP contribution in [0.25, 0.3) is 0 Å². The van der Waals surface area contributed by atoms with Crippen molar-refractivity contribution in [2.45, 2.75) is 19.4 Å². The molecular formula is C14H29NO5P+. The van der Waals surface area contributed by atoms with Gasteiger partial charge in [0.1, 0.15) is 26.4 Å². The van der Waals surface area contributed by atoms with Crippen LogP contribution in [0.1, 0.15) is 13.8 Å². The third-order valence-electron chi connectivity index (χ3n) is 2.54. The minimum atomic E-state index is -2.61. The molecule has 0 aliphatic carbocycles. The molecule has 0 heterocycles. The number of rotatable bonds is 12. The van der Waals surface area contributed by atoms with Crippen LogP contribution in [0.2, 0.25) is 0 Å². The second-order valence-electron chi connectivity index (χ2n) is 5.47. The summed E-state index contributed by atoms with van der Waals surface area (Å²) >= 11 is 0. The number of ether oxygens (including phenoxy) is 3. The van der Waals surface area contributed by atoms with Gasteiger partial charge in [-0.25, -0.2) is 0 Å². The maximum atomic E-state index is 12.5. The molecule has 0 saturated heterocycles. The van der Waals surface area contributed by atoms with E-state index in [1.165, 1.54) is 0 Å². The highest BCUT2D eigenvalue weighted by atomic mass is 31.1. The standard InChI is InChI=1S/C14H29NO5P/c1-7-11-17-13-14(18-8-2,19-9-3)21(16)20-12-10-15(4,5)6/h1,21H,8-13H2,2-6H3/q+1. The van der Waals surface area contributed by atoms with Crippen molar-refractivity contribution in [3.8, 4) is 12.3 Å². The van der Waals surface area contributed by atoms with Gasteiger partial charge in [0.25, 0.3) is 13.6 Å². The first-order valence-electron chi connectivity index (χ1n) is 7.08. The second-order valence-corrected chi connectivity index (χ2v) is 7.09. The first-order chi connectivity index (χ1) is 9.81. The number of likely N-dealkylation sites (N-methyl/N-ethyl adjacent to an activating group) is 1. The molecule has 1 atom stereocenters. The van der Waals surface area contributed by atoms with Crippen LogP contribution < -0.4 is 0 Å². The predicted octanol–water partition coefficient (Wildman–Crippen LogP) is 1.56. The molecule has 0 bridgehead atoms. The summed E-state index contributed by atoms with van der Waals surface area (Å²) in [6.07, 6.45) is 5.15. The molecule has 0 spiro atoms. The van der Waals surface area contributed by atoms with E-state index in [2.05, 4.69) is 5.92 Å². The fourth-order valence-corrected chi connectivity index (χ4v) is 2.78. The van der Waals surface area contributed by atoms with E-state index < -0.39 is 13.6 Å². The van der Waals surface area contributed by atoms with Gasteiger partial charge in [0.2, 0.25) is 0 Å². The van der Waals surface area contributed by atoms with Crippen LogP contribution in [-0.2, 0) is 23.3 Å². The molecule has 0 aromatic carbocycles. The van der Waals surface area contributed by atoms with Gasteiger partial charge in [-0.15, -0.1) is 6.42 Å². The quantitative estimate of drug-likeness (QED) is 0.179. The Bertz CT molecular complexity index is 342. The van der Waals surface area contributed by atoms with Crippen molar-refractivity contribution in [2.75, 3.05) is 60.7 Å². The van der Waals surface area contributed by atoms with E-state index in [4.69, 9.17) is 25.2 Å². The Balaban J connectivity index is 4.73. The predicted molar refractivity (Wildman–Crippen MR) is 83.5 cm³/mol. The second kappa shape index (κ2) is 10.3. The fraction of sp³-hybridized carbons (Fsp3) is 0.857. The summed E-state index contributed by atoms with van der Waals surface area (Å²) < 4.78 is 35.1. The minimum absolute atomic E-state index is 0.0128. The van der Waals surface area contributed by atoms with Gasteiger partial charge >= 0.3 is 0 Å². The maximum absolute atomic E-state index is 12.5. The number of hydrogen-bond acceptors (Lipinski definition) is 5. The monoisotopic (exact) mass is 322 g/mol. The Morgan fingerprint density at radius 2 is 1.76 bits per heavy atom. The van der Waals surface area contributed by atoms with Crippen molar-refractivity contribution < 1.29 is 27.8 Å². The van der Waals surface area contributed by atoms with Crippen molar-refractivity contribution >= 4 is 8.03 Å². The molecule has 0 amide bonds. The van der Waals surface area contributed by atoms with Crippen molar-refractivity contribution in [1.29, 1.82) is 0 Å². The molecule has 21 heavy (non-hydrogen) atoms. The lowest BCUT2D eigenvalue weighted by Gasteiger charge is -2.32. The van der Waals surface area contributed by atoms with Crippen molar-refractivity contribution in [3.05, 3.63) is 0 Å². The zero-order chi connectivity index (χ0) is 16.4. The van der Waals surface area contributed by atoms with Crippen LogP contribution in [0.5, 0.6) is 0 Å². The van der Waals surface area contributed by atoms with Gasteiger partial charge in [-0.3, -0.25) is 4.57 Å². The molecule has 1 unspecified atom stereocenters. The van der Waals surface area contributed by atoms with E-state index in [1.807, 2.05) is 21.1 Å². The number of quaternary nitrogens is 1. The minimum Gasteiger partial charge on any atom is -0.363 e. The van der Waals surface area contributed by atoms with E-state index in [1.54, 1.807) is 13.8 Å². The van der Waals surface area contributed by atoms with Crippen LogP contribution >= 0.6 is 8.03 Å². The molecule has 0 aromatic heterocycles. The van der Waals surface area contributed by atoms with Gasteiger partial charge in [0, 0.05) is 13.2 Å². The normalized spacial score (nSPS) is 13.9. The lowest BCUT2D eigenvalue weighted by molar-refractivity contribution is -0.870. The van der Waals surface area contributed by atoms with E-state index in [0.717, 1.165) is 11.0 Å². The molecule has 0 radical (unpaired) electrons. The molecular weight excluding hydrogens is 293 g/mol. The van der Waals surface area contributed by atoms with Crippen molar-refractivity contribution in [3.63, 3.8) is 0 Å². The SMILES string of the molecule is C#CCOCC(OCC)(OCC)[PH](=O)OCC[N+](C)(C)C. The highest BCUT2D eigenvalue weighted by Crippen LogP contribution is 2.42. The topological polar surface area (TPSA) is 54.0 Å². The van der Waals surface area contributed by atoms with Gasteiger partial charge in [-0.05, 0) is 13.8 Å². The van der Waals surface area contributed by atoms with Gasteiger partial charge in [0.15, 0.2) is 0 Å². The van der Waals surface area contributed by atoms with Crippen molar-refractivity contribution in [2.24, 2.45) is 0 Å². The highest BCUT2D eigenvalue weighted by Gasteiger charge is 2.40. The smallest absolute Gasteiger partial charge is 0.268 e. The van der Waals surface area contributed by atoms with Gasteiger partial charge in [-0.1, -0.05) is 5.92 Å². The summed E-state index contributed by atoms with van der Waals surface area (Å²) in [5, 5.41) is 0. The lowest BCUT2D eigenvalue weighted by atomic mass is 10.5. The Morgan fingerprint density at radius 3 is 2.19 bits per heavy atom. The molecule has 0 saturated carbocycles. The largest absolute Gasteiger partial charge is 0.363 e. The van der Waals surface area contributed by atoms with Crippen LogP contribution in [0.3, 0.4) is 0 Å². The van der Waals surface area contributed by atoms with Crippen molar-refractivity contribution in [1.82, 2.24) is 0 Å². The average molecular weight is 322 g/mol. The van der Waals surface area contributed by atoms with Crippen LogP contribution in [0.4, 0.5) is 0 Å². The number of hydrogen-bond donors (Lipinski definition) is 0. The molecule has 0 N–H and O–H groups in total. The van der Waals surface area contributed by atoms with Crippen LogP contribution in [0.15, 0.2) is 0 Å². The molecule has 0 fully saturated rings. The summed E-state index contributed by atoms with van der Waals surface area (Å²) in [4.78, 5) is 0. The summed E-state index contributed by atoms with van der Waals surface area (Å²) in [5.74, 6) is 2.36. The van der Waals surface area contributed by atoms with Crippen LogP contribution in [0, 0.1) is 12.3 Å². The third kappa shape index (κ3) is 8.57. The first kappa shape index (κ1) is 20.6. The molecule has 0 aliphatic heterocycles.